The minimum absolute atomic E-state index is 0.0377. The smallest absolute Gasteiger partial charge is 0.120 e. The van der Waals surface area contributed by atoms with Gasteiger partial charge in [0.1, 0.15) is 11.9 Å². The molecule has 1 rings (SSSR count). The summed E-state index contributed by atoms with van der Waals surface area (Å²) in [5, 5.41) is 0. The van der Waals surface area contributed by atoms with Crippen LogP contribution < -0.4 is 10.5 Å². The molecule has 0 saturated carbocycles. The van der Waals surface area contributed by atoms with Crippen molar-refractivity contribution in [3.05, 3.63) is 42.5 Å². The molecule has 0 heterocycles. The lowest BCUT2D eigenvalue weighted by Crippen LogP contribution is -2.09. The third-order valence-electron chi connectivity index (χ3n) is 2.40. The molecule has 2 heteroatoms. The largest absolute Gasteiger partial charge is 0.487 e. The van der Waals surface area contributed by atoms with Gasteiger partial charge in [-0.15, -0.1) is 0 Å². The molecule has 1 unspecified atom stereocenters. The summed E-state index contributed by atoms with van der Waals surface area (Å²) in [5.41, 5.74) is 7.06. The van der Waals surface area contributed by atoms with Crippen molar-refractivity contribution in [2.75, 3.05) is 0 Å². The molecule has 0 fully saturated rings. The molecule has 1 aromatic rings. The second kappa shape index (κ2) is 5.56. The van der Waals surface area contributed by atoms with Crippen LogP contribution in [-0.4, -0.2) is 6.10 Å². The summed E-state index contributed by atoms with van der Waals surface area (Å²) in [5.74, 6) is 0.856. The Morgan fingerprint density at radius 3 is 2.47 bits per heavy atom. The van der Waals surface area contributed by atoms with E-state index in [0.717, 1.165) is 17.7 Å². The summed E-state index contributed by atoms with van der Waals surface area (Å²) < 4.78 is 5.57. The molecule has 0 radical (unpaired) electrons. The number of benzene rings is 1. The highest BCUT2D eigenvalue weighted by atomic mass is 16.5. The molecule has 0 aliphatic heterocycles. The number of nitrogens with two attached hydrogens (primary N) is 1. The Labute approximate surface area is 91.7 Å². The van der Waals surface area contributed by atoms with Gasteiger partial charge in [-0.1, -0.05) is 31.7 Å². The standard InChI is InChI=1S/C13H19NO/c1-4-10(3)15-12-8-6-11(7-9-12)13(14)5-2/h4,6-10,13H,1,5,14H2,2-3H3/t10?,13-/m0/s1. The lowest BCUT2D eigenvalue weighted by Gasteiger charge is -2.12. The molecule has 1 aromatic carbocycles. The zero-order valence-corrected chi connectivity index (χ0v) is 9.44. The summed E-state index contributed by atoms with van der Waals surface area (Å²) >= 11 is 0. The normalized spacial score (nSPS) is 14.3. The van der Waals surface area contributed by atoms with Gasteiger partial charge in [0.25, 0.3) is 0 Å². The Bertz CT molecular complexity index is 305. The predicted molar refractivity (Wildman–Crippen MR) is 63.9 cm³/mol. The van der Waals surface area contributed by atoms with Crippen molar-refractivity contribution in [2.45, 2.75) is 32.4 Å². The molecule has 0 aliphatic rings. The molecule has 0 bridgehead atoms. The van der Waals surface area contributed by atoms with E-state index in [4.69, 9.17) is 10.5 Å². The van der Waals surface area contributed by atoms with E-state index in [-0.39, 0.29) is 12.1 Å². The van der Waals surface area contributed by atoms with Gasteiger partial charge in [-0.3, -0.25) is 0 Å². The quantitative estimate of drug-likeness (QED) is 0.750. The van der Waals surface area contributed by atoms with Crippen LogP contribution in [0.5, 0.6) is 5.75 Å². The Kier molecular flexibility index (Phi) is 4.37. The minimum Gasteiger partial charge on any atom is -0.487 e. The van der Waals surface area contributed by atoms with E-state index in [1.54, 1.807) is 6.08 Å². The zero-order chi connectivity index (χ0) is 11.3. The molecule has 0 saturated heterocycles. The first-order chi connectivity index (χ1) is 7.17. The van der Waals surface area contributed by atoms with E-state index >= 15 is 0 Å². The summed E-state index contributed by atoms with van der Waals surface area (Å²) in [7, 11) is 0. The van der Waals surface area contributed by atoms with E-state index in [0.29, 0.717) is 0 Å². The number of ether oxygens (including phenoxy) is 1. The van der Waals surface area contributed by atoms with E-state index < -0.39 is 0 Å². The Balaban J connectivity index is 2.67. The van der Waals surface area contributed by atoms with Gasteiger partial charge in [-0.05, 0) is 31.0 Å². The zero-order valence-electron chi connectivity index (χ0n) is 9.44. The van der Waals surface area contributed by atoms with Crippen LogP contribution in [0.2, 0.25) is 0 Å². The van der Waals surface area contributed by atoms with E-state index in [2.05, 4.69) is 13.5 Å². The molecule has 82 valence electrons. The topological polar surface area (TPSA) is 35.2 Å². The monoisotopic (exact) mass is 205 g/mol. The minimum atomic E-state index is 0.0377. The lowest BCUT2D eigenvalue weighted by atomic mass is 10.1. The fraction of sp³-hybridized carbons (Fsp3) is 0.385. The van der Waals surface area contributed by atoms with Crippen LogP contribution in [0.4, 0.5) is 0 Å². The van der Waals surface area contributed by atoms with E-state index in [9.17, 15) is 0 Å². The second-order valence-electron chi connectivity index (χ2n) is 3.64. The van der Waals surface area contributed by atoms with Crippen molar-refractivity contribution >= 4 is 0 Å². The SMILES string of the molecule is C=CC(C)Oc1ccc([C@@H](N)CC)cc1. The Morgan fingerprint density at radius 1 is 1.40 bits per heavy atom. The highest BCUT2D eigenvalue weighted by molar-refractivity contribution is 5.29. The third kappa shape index (κ3) is 3.40. The maximum atomic E-state index is 5.91. The molecular formula is C13H19NO. The van der Waals surface area contributed by atoms with Gasteiger partial charge in [-0.25, -0.2) is 0 Å². The van der Waals surface area contributed by atoms with Crippen LogP contribution in [0.15, 0.2) is 36.9 Å². The van der Waals surface area contributed by atoms with Crippen molar-refractivity contribution in [2.24, 2.45) is 5.73 Å². The van der Waals surface area contributed by atoms with Crippen molar-refractivity contribution in [1.82, 2.24) is 0 Å². The Hall–Kier alpha value is -1.28. The first kappa shape index (κ1) is 11.8. The fourth-order valence-electron chi connectivity index (χ4n) is 1.29. The first-order valence-corrected chi connectivity index (χ1v) is 5.32. The van der Waals surface area contributed by atoms with Gasteiger partial charge in [0.2, 0.25) is 0 Å². The average molecular weight is 205 g/mol. The molecular weight excluding hydrogens is 186 g/mol. The fourth-order valence-corrected chi connectivity index (χ4v) is 1.29. The predicted octanol–water partition coefficient (Wildman–Crippen LogP) is 3.05. The first-order valence-electron chi connectivity index (χ1n) is 5.32. The third-order valence-corrected chi connectivity index (χ3v) is 2.40. The van der Waals surface area contributed by atoms with Crippen LogP contribution in [0.1, 0.15) is 31.9 Å². The molecule has 2 atom stereocenters. The van der Waals surface area contributed by atoms with Crippen LogP contribution in [-0.2, 0) is 0 Å². The number of rotatable bonds is 5. The maximum Gasteiger partial charge on any atom is 0.120 e. The molecule has 2 N–H and O–H groups in total. The van der Waals surface area contributed by atoms with Gasteiger partial charge in [0.15, 0.2) is 0 Å². The van der Waals surface area contributed by atoms with Crippen LogP contribution in [0, 0.1) is 0 Å². The number of hydrogen-bond donors (Lipinski definition) is 1. The summed E-state index contributed by atoms with van der Waals surface area (Å²) in [6.45, 7) is 7.71. The summed E-state index contributed by atoms with van der Waals surface area (Å²) in [4.78, 5) is 0. The molecule has 2 nitrogen and oxygen atoms in total. The van der Waals surface area contributed by atoms with E-state index in [1.165, 1.54) is 0 Å². The number of hydrogen-bond acceptors (Lipinski definition) is 2. The lowest BCUT2D eigenvalue weighted by molar-refractivity contribution is 0.270. The maximum absolute atomic E-state index is 5.91. The second-order valence-corrected chi connectivity index (χ2v) is 3.64. The highest BCUT2D eigenvalue weighted by Crippen LogP contribution is 2.19. The van der Waals surface area contributed by atoms with Gasteiger partial charge in [0.05, 0.1) is 0 Å². The van der Waals surface area contributed by atoms with E-state index in [1.807, 2.05) is 31.2 Å². The summed E-state index contributed by atoms with van der Waals surface area (Å²) in [6.07, 6.45) is 2.75. The Morgan fingerprint density at radius 2 is 2.00 bits per heavy atom. The van der Waals surface area contributed by atoms with Crippen molar-refractivity contribution in [3.63, 3.8) is 0 Å². The van der Waals surface area contributed by atoms with Gasteiger partial charge < -0.3 is 10.5 Å². The van der Waals surface area contributed by atoms with Crippen LogP contribution in [0.3, 0.4) is 0 Å². The summed E-state index contributed by atoms with van der Waals surface area (Å²) in [6, 6.07) is 8.05. The average Bonchev–Trinajstić information content (AvgIpc) is 2.29. The van der Waals surface area contributed by atoms with Gasteiger partial charge >= 0.3 is 0 Å². The molecule has 0 aliphatic carbocycles. The van der Waals surface area contributed by atoms with Crippen LogP contribution >= 0.6 is 0 Å². The van der Waals surface area contributed by atoms with Crippen molar-refractivity contribution in [3.8, 4) is 5.75 Å². The molecule has 15 heavy (non-hydrogen) atoms. The van der Waals surface area contributed by atoms with Crippen molar-refractivity contribution < 1.29 is 4.74 Å². The molecule has 0 amide bonds. The van der Waals surface area contributed by atoms with Gasteiger partial charge in [0, 0.05) is 6.04 Å². The van der Waals surface area contributed by atoms with Crippen molar-refractivity contribution in [1.29, 1.82) is 0 Å². The van der Waals surface area contributed by atoms with Gasteiger partial charge in [-0.2, -0.15) is 0 Å². The molecule has 0 aromatic heterocycles. The highest BCUT2D eigenvalue weighted by Gasteiger charge is 2.03. The van der Waals surface area contributed by atoms with Crippen LogP contribution in [0.25, 0.3) is 0 Å². The molecule has 0 spiro atoms.